The molecule has 1 atom stereocenters. The number of aryl methyl sites for hydroxylation is 1. The lowest BCUT2D eigenvalue weighted by Gasteiger charge is -2.17. The second-order valence-corrected chi connectivity index (χ2v) is 5.87. The molecule has 0 aliphatic rings. The first-order valence-corrected chi connectivity index (χ1v) is 7.87. The zero-order valence-electron chi connectivity index (χ0n) is 13.9. The SMILES string of the molecule is Cc1ccc([N+](=O)[O-])cc1C(=O)NC(C)c1ccnc2ccccc12. The molecule has 2 aromatic carbocycles. The maximum Gasteiger partial charge on any atom is 0.270 e. The minimum atomic E-state index is -0.504. The van der Waals surface area contributed by atoms with Gasteiger partial charge in [0.15, 0.2) is 0 Å². The van der Waals surface area contributed by atoms with Crippen LogP contribution < -0.4 is 5.32 Å². The topological polar surface area (TPSA) is 85.1 Å². The van der Waals surface area contributed by atoms with Gasteiger partial charge in [0.05, 0.1) is 16.5 Å². The summed E-state index contributed by atoms with van der Waals surface area (Å²) in [7, 11) is 0. The van der Waals surface area contributed by atoms with Crippen LogP contribution in [-0.2, 0) is 0 Å². The van der Waals surface area contributed by atoms with Gasteiger partial charge in [-0.1, -0.05) is 24.3 Å². The molecule has 3 rings (SSSR count). The van der Waals surface area contributed by atoms with Crippen molar-refractivity contribution >= 4 is 22.5 Å². The van der Waals surface area contributed by atoms with Crippen LogP contribution in [0.25, 0.3) is 10.9 Å². The number of para-hydroxylation sites is 1. The first-order chi connectivity index (χ1) is 12.0. The van der Waals surface area contributed by atoms with Crippen molar-refractivity contribution in [2.45, 2.75) is 19.9 Å². The number of non-ortho nitro benzene ring substituents is 1. The summed E-state index contributed by atoms with van der Waals surface area (Å²) >= 11 is 0. The van der Waals surface area contributed by atoms with E-state index in [2.05, 4.69) is 10.3 Å². The monoisotopic (exact) mass is 335 g/mol. The Labute approximate surface area is 144 Å². The van der Waals surface area contributed by atoms with Gasteiger partial charge in [-0.25, -0.2) is 0 Å². The summed E-state index contributed by atoms with van der Waals surface area (Å²) in [6.45, 7) is 3.64. The van der Waals surface area contributed by atoms with Crippen LogP contribution in [0.5, 0.6) is 0 Å². The third kappa shape index (κ3) is 3.33. The van der Waals surface area contributed by atoms with E-state index in [0.29, 0.717) is 11.1 Å². The lowest BCUT2D eigenvalue weighted by atomic mass is 10.0. The summed E-state index contributed by atoms with van der Waals surface area (Å²) in [6, 6.07) is 13.6. The molecule has 0 radical (unpaired) electrons. The molecule has 0 aliphatic heterocycles. The molecule has 0 fully saturated rings. The molecule has 1 amide bonds. The van der Waals surface area contributed by atoms with Crippen LogP contribution in [0.3, 0.4) is 0 Å². The average molecular weight is 335 g/mol. The van der Waals surface area contributed by atoms with E-state index in [0.717, 1.165) is 16.5 Å². The van der Waals surface area contributed by atoms with Crippen molar-refractivity contribution in [1.29, 1.82) is 0 Å². The van der Waals surface area contributed by atoms with Gasteiger partial charge in [0.1, 0.15) is 0 Å². The summed E-state index contributed by atoms with van der Waals surface area (Å²) < 4.78 is 0. The molecule has 1 heterocycles. The molecule has 1 unspecified atom stereocenters. The van der Waals surface area contributed by atoms with Crippen molar-refractivity contribution in [3.8, 4) is 0 Å². The number of aromatic nitrogens is 1. The quantitative estimate of drug-likeness (QED) is 0.578. The Morgan fingerprint density at radius 3 is 2.72 bits per heavy atom. The Balaban J connectivity index is 1.90. The Morgan fingerprint density at radius 2 is 1.96 bits per heavy atom. The predicted molar refractivity (Wildman–Crippen MR) is 95.5 cm³/mol. The fourth-order valence-electron chi connectivity index (χ4n) is 2.82. The van der Waals surface area contributed by atoms with Gasteiger partial charge >= 0.3 is 0 Å². The first-order valence-electron chi connectivity index (χ1n) is 7.87. The number of fused-ring (bicyclic) bond motifs is 1. The summed E-state index contributed by atoms with van der Waals surface area (Å²) in [6.07, 6.45) is 1.71. The number of benzene rings is 2. The molecule has 1 aromatic heterocycles. The van der Waals surface area contributed by atoms with Gasteiger partial charge in [-0.15, -0.1) is 0 Å². The van der Waals surface area contributed by atoms with E-state index in [1.807, 2.05) is 37.3 Å². The van der Waals surface area contributed by atoms with Crippen LogP contribution in [0.2, 0.25) is 0 Å². The van der Waals surface area contributed by atoms with E-state index >= 15 is 0 Å². The molecule has 3 aromatic rings. The number of carbonyl (C=O) groups is 1. The average Bonchev–Trinajstić information content (AvgIpc) is 2.61. The van der Waals surface area contributed by atoms with Crippen LogP contribution in [0.4, 0.5) is 5.69 Å². The fraction of sp³-hybridized carbons (Fsp3) is 0.158. The number of nitro benzene ring substituents is 1. The van der Waals surface area contributed by atoms with Crippen molar-refractivity contribution in [2.75, 3.05) is 0 Å². The smallest absolute Gasteiger partial charge is 0.270 e. The Morgan fingerprint density at radius 1 is 1.20 bits per heavy atom. The molecule has 25 heavy (non-hydrogen) atoms. The highest BCUT2D eigenvalue weighted by molar-refractivity contribution is 5.96. The number of pyridine rings is 1. The number of nitro groups is 1. The van der Waals surface area contributed by atoms with E-state index in [-0.39, 0.29) is 17.6 Å². The Kier molecular flexibility index (Phi) is 4.43. The van der Waals surface area contributed by atoms with Crippen LogP contribution in [0.15, 0.2) is 54.7 Å². The third-order valence-corrected chi connectivity index (χ3v) is 4.17. The summed E-state index contributed by atoms with van der Waals surface area (Å²) in [4.78, 5) is 27.4. The zero-order valence-corrected chi connectivity index (χ0v) is 13.9. The molecular formula is C19H17N3O3. The van der Waals surface area contributed by atoms with Crippen LogP contribution in [-0.4, -0.2) is 15.8 Å². The van der Waals surface area contributed by atoms with Gasteiger partial charge in [0, 0.05) is 29.3 Å². The zero-order chi connectivity index (χ0) is 18.0. The molecule has 1 N–H and O–H groups in total. The first kappa shape index (κ1) is 16.6. The standard InChI is InChI=1S/C19H17N3O3/c1-12-7-8-14(22(24)25)11-17(12)19(23)21-13(2)15-9-10-20-18-6-4-3-5-16(15)18/h3-11,13H,1-2H3,(H,21,23). The van der Waals surface area contributed by atoms with Crippen LogP contribution in [0, 0.1) is 17.0 Å². The molecular weight excluding hydrogens is 318 g/mol. The number of amides is 1. The van der Waals surface area contributed by atoms with Crippen molar-refractivity contribution in [2.24, 2.45) is 0 Å². The molecule has 126 valence electrons. The maximum atomic E-state index is 12.6. The van der Waals surface area contributed by atoms with Gasteiger partial charge in [-0.3, -0.25) is 19.9 Å². The van der Waals surface area contributed by atoms with E-state index in [4.69, 9.17) is 0 Å². The second kappa shape index (κ2) is 6.68. The molecule has 6 heteroatoms. The van der Waals surface area contributed by atoms with E-state index in [9.17, 15) is 14.9 Å². The number of hydrogen-bond acceptors (Lipinski definition) is 4. The Hall–Kier alpha value is -3.28. The highest BCUT2D eigenvalue weighted by Crippen LogP contribution is 2.23. The van der Waals surface area contributed by atoms with Crippen LogP contribution >= 0.6 is 0 Å². The molecule has 0 saturated heterocycles. The van der Waals surface area contributed by atoms with Crippen molar-refractivity contribution < 1.29 is 9.72 Å². The predicted octanol–water partition coefficient (Wildman–Crippen LogP) is 3.94. The third-order valence-electron chi connectivity index (χ3n) is 4.17. The highest BCUT2D eigenvalue weighted by atomic mass is 16.6. The van der Waals surface area contributed by atoms with Crippen molar-refractivity contribution in [1.82, 2.24) is 10.3 Å². The number of rotatable bonds is 4. The largest absolute Gasteiger partial charge is 0.345 e. The fourth-order valence-corrected chi connectivity index (χ4v) is 2.82. The molecule has 0 saturated carbocycles. The van der Waals surface area contributed by atoms with E-state index in [1.54, 1.807) is 19.2 Å². The van der Waals surface area contributed by atoms with Crippen LogP contribution in [0.1, 0.15) is 34.5 Å². The summed E-state index contributed by atoms with van der Waals surface area (Å²) in [5.41, 5.74) is 2.70. The normalized spacial score (nSPS) is 11.9. The number of nitrogens with zero attached hydrogens (tertiary/aromatic N) is 2. The number of carbonyl (C=O) groups excluding carboxylic acids is 1. The van der Waals surface area contributed by atoms with Gasteiger partial charge in [0.2, 0.25) is 0 Å². The Bertz CT molecular complexity index is 964. The van der Waals surface area contributed by atoms with E-state index in [1.165, 1.54) is 12.1 Å². The lowest BCUT2D eigenvalue weighted by Crippen LogP contribution is -2.27. The van der Waals surface area contributed by atoms with Gasteiger partial charge in [0.25, 0.3) is 11.6 Å². The molecule has 0 aliphatic carbocycles. The van der Waals surface area contributed by atoms with Gasteiger partial charge in [-0.2, -0.15) is 0 Å². The number of nitrogens with one attached hydrogen (secondary N) is 1. The van der Waals surface area contributed by atoms with Crippen molar-refractivity contribution in [3.63, 3.8) is 0 Å². The second-order valence-electron chi connectivity index (χ2n) is 5.87. The minimum absolute atomic E-state index is 0.0993. The lowest BCUT2D eigenvalue weighted by molar-refractivity contribution is -0.384. The molecule has 6 nitrogen and oxygen atoms in total. The number of hydrogen-bond donors (Lipinski definition) is 1. The maximum absolute atomic E-state index is 12.6. The van der Waals surface area contributed by atoms with Gasteiger partial charge in [-0.05, 0) is 37.1 Å². The summed E-state index contributed by atoms with van der Waals surface area (Å²) in [5, 5.41) is 14.8. The van der Waals surface area contributed by atoms with Gasteiger partial charge < -0.3 is 5.32 Å². The molecule has 0 spiro atoms. The van der Waals surface area contributed by atoms with E-state index < -0.39 is 4.92 Å². The highest BCUT2D eigenvalue weighted by Gasteiger charge is 2.18. The van der Waals surface area contributed by atoms with Crippen molar-refractivity contribution in [3.05, 3.63) is 81.5 Å². The molecule has 0 bridgehead atoms. The minimum Gasteiger partial charge on any atom is -0.345 e. The summed E-state index contributed by atoms with van der Waals surface area (Å²) in [5.74, 6) is -0.338.